The summed E-state index contributed by atoms with van der Waals surface area (Å²) in [4.78, 5) is 19.4. The Kier molecular flexibility index (Phi) is 2.91. The molecule has 0 aliphatic heterocycles. The van der Waals surface area contributed by atoms with E-state index in [1.165, 1.54) is 0 Å². The lowest BCUT2D eigenvalue weighted by atomic mass is 10.1. The standard InChI is InChI=1S/C15H14N2O2/c1-2-19-14(18)9-13-15-11(7-8-16-15)10-5-3-4-6-12(10)17-13/h3-8,16H,2,9H2,1H3. The smallest absolute Gasteiger partial charge is 0.311 e. The van der Waals surface area contributed by atoms with E-state index in [-0.39, 0.29) is 12.4 Å². The summed E-state index contributed by atoms with van der Waals surface area (Å²) in [6.45, 7) is 2.19. The molecule has 2 aromatic heterocycles. The minimum atomic E-state index is -0.249. The lowest BCUT2D eigenvalue weighted by molar-refractivity contribution is -0.142. The van der Waals surface area contributed by atoms with Crippen LogP contribution in [0.1, 0.15) is 12.6 Å². The van der Waals surface area contributed by atoms with Crippen molar-refractivity contribution in [2.45, 2.75) is 13.3 Å². The maximum Gasteiger partial charge on any atom is 0.311 e. The average molecular weight is 254 g/mol. The second-order valence-electron chi connectivity index (χ2n) is 4.32. The highest BCUT2D eigenvalue weighted by atomic mass is 16.5. The van der Waals surface area contributed by atoms with E-state index in [4.69, 9.17) is 4.74 Å². The number of aromatic amines is 1. The summed E-state index contributed by atoms with van der Waals surface area (Å²) in [5.74, 6) is -0.249. The van der Waals surface area contributed by atoms with Gasteiger partial charge in [0.2, 0.25) is 0 Å². The molecule has 19 heavy (non-hydrogen) atoms. The first-order valence-corrected chi connectivity index (χ1v) is 6.30. The Morgan fingerprint density at radius 3 is 2.95 bits per heavy atom. The molecular formula is C15H14N2O2. The Balaban J connectivity index is 2.16. The second kappa shape index (κ2) is 4.72. The number of carbonyl (C=O) groups is 1. The third kappa shape index (κ3) is 2.05. The van der Waals surface area contributed by atoms with Crippen molar-refractivity contribution in [3.05, 3.63) is 42.2 Å². The van der Waals surface area contributed by atoms with Crippen molar-refractivity contribution in [2.24, 2.45) is 0 Å². The number of nitrogens with zero attached hydrogens (tertiary/aromatic N) is 1. The minimum Gasteiger partial charge on any atom is -0.466 e. The lowest BCUT2D eigenvalue weighted by Gasteiger charge is -2.06. The Morgan fingerprint density at radius 2 is 2.11 bits per heavy atom. The normalized spacial score (nSPS) is 11.0. The van der Waals surface area contributed by atoms with Crippen LogP contribution in [0.15, 0.2) is 36.5 Å². The maximum absolute atomic E-state index is 11.6. The van der Waals surface area contributed by atoms with Gasteiger partial charge in [0.15, 0.2) is 0 Å². The third-order valence-corrected chi connectivity index (χ3v) is 3.10. The summed E-state index contributed by atoms with van der Waals surface area (Å²) < 4.78 is 4.99. The number of aromatic nitrogens is 2. The summed E-state index contributed by atoms with van der Waals surface area (Å²) in [5, 5.41) is 2.18. The molecule has 0 aliphatic rings. The van der Waals surface area contributed by atoms with Crippen LogP contribution in [-0.4, -0.2) is 22.5 Å². The molecule has 0 bridgehead atoms. The SMILES string of the molecule is CCOC(=O)Cc1nc2ccccc2c2cc[nH]c12. The van der Waals surface area contributed by atoms with Crippen LogP contribution in [0.5, 0.6) is 0 Å². The van der Waals surface area contributed by atoms with E-state index < -0.39 is 0 Å². The molecule has 0 fully saturated rings. The van der Waals surface area contributed by atoms with Crippen LogP contribution in [0.2, 0.25) is 0 Å². The summed E-state index contributed by atoms with van der Waals surface area (Å²) in [5.41, 5.74) is 2.54. The van der Waals surface area contributed by atoms with Crippen LogP contribution in [0.4, 0.5) is 0 Å². The van der Waals surface area contributed by atoms with E-state index in [9.17, 15) is 4.79 Å². The maximum atomic E-state index is 11.6. The highest BCUT2D eigenvalue weighted by Crippen LogP contribution is 2.25. The number of para-hydroxylation sites is 1. The molecule has 96 valence electrons. The van der Waals surface area contributed by atoms with Crippen LogP contribution in [-0.2, 0) is 16.0 Å². The molecule has 4 nitrogen and oxygen atoms in total. The number of esters is 1. The highest BCUT2D eigenvalue weighted by Gasteiger charge is 2.12. The van der Waals surface area contributed by atoms with Crippen LogP contribution < -0.4 is 0 Å². The van der Waals surface area contributed by atoms with Crippen LogP contribution in [0.25, 0.3) is 21.8 Å². The number of hydrogen-bond donors (Lipinski definition) is 1. The second-order valence-corrected chi connectivity index (χ2v) is 4.32. The molecule has 1 N–H and O–H groups in total. The number of carbonyl (C=O) groups excluding carboxylic acids is 1. The number of ether oxygens (including phenoxy) is 1. The van der Waals surface area contributed by atoms with Crippen LogP contribution in [0, 0.1) is 0 Å². The highest BCUT2D eigenvalue weighted by molar-refractivity contribution is 6.06. The van der Waals surface area contributed by atoms with E-state index in [1.54, 1.807) is 6.92 Å². The summed E-state index contributed by atoms with van der Waals surface area (Å²) in [7, 11) is 0. The lowest BCUT2D eigenvalue weighted by Crippen LogP contribution is -2.09. The number of H-pyrrole nitrogens is 1. The molecule has 0 saturated heterocycles. The topological polar surface area (TPSA) is 55.0 Å². The molecule has 2 heterocycles. The first-order chi connectivity index (χ1) is 9.29. The minimum absolute atomic E-state index is 0.190. The summed E-state index contributed by atoms with van der Waals surface area (Å²) in [6.07, 6.45) is 2.06. The van der Waals surface area contributed by atoms with Gasteiger partial charge in [-0.2, -0.15) is 0 Å². The molecule has 0 spiro atoms. The Bertz CT molecular complexity index is 746. The van der Waals surface area contributed by atoms with Gasteiger partial charge in [0, 0.05) is 17.0 Å². The zero-order valence-corrected chi connectivity index (χ0v) is 10.6. The van der Waals surface area contributed by atoms with E-state index in [2.05, 4.69) is 9.97 Å². The van der Waals surface area contributed by atoms with Gasteiger partial charge in [-0.05, 0) is 19.1 Å². The van der Waals surface area contributed by atoms with Crippen molar-refractivity contribution >= 4 is 27.8 Å². The van der Waals surface area contributed by atoms with Crippen molar-refractivity contribution in [3.8, 4) is 0 Å². The van der Waals surface area contributed by atoms with Gasteiger partial charge in [-0.1, -0.05) is 18.2 Å². The molecule has 0 unspecified atom stereocenters. The summed E-state index contributed by atoms with van der Waals surface area (Å²) in [6, 6.07) is 9.93. The van der Waals surface area contributed by atoms with Gasteiger partial charge in [-0.15, -0.1) is 0 Å². The van der Waals surface area contributed by atoms with Crippen molar-refractivity contribution < 1.29 is 9.53 Å². The molecule has 0 saturated carbocycles. The molecule has 1 aromatic carbocycles. The molecule has 0 amide bonds. The number of fused-ring (bicyclic) bond motifs is 3. The largest absolute Gasteiger partial charge is 0.466 e. The number of pyridine rings is 1. The number of nitrogens with one attached hydrogen (secondary N) is 1. The first kappa shape index (κ1) is 11.7. The van der Waals surface area contributed by atoms with E-state index >= 15 is 0 Å². The summed E-state index contributed by atoms with van der Waals surface area (Å²) >= 11 is 0. The number of hydrogen-bond acceptors (Lipinski definition) is 3. The van der Waals surface area contributed by atoms with Crippen molar-refractivity contribution in [1.29, 1.82) is 0 Å². The van der Waals surface area contributed by atoms with Gasteiger partial charge in [0.1, 0.15) is 0 Å². The Hall–Kier alpha value is -2.36. The molecule has 3 aromatic rings. The molecule has 3 rings (SSSR count). The first-order valence-electron chi connectivity index (χ1n) is 6.30. The van der Waals surface area contributed by atoms with Gasteiger partial charge in [0.05, 0.1) is 29.8 Å². The zero-order valence-electron chi connectivity index (χ0n) is 10.6. The molecule has 0 radical (unpaired) electrons. The van der Waals surface area contributed by atoms with Gasteiger partial charge in [-0.3, -0.25) is 9.78 Å². The third-order valence-electron chi connectivity index (χ3n) is 3.10. The zero-order chi connectivity index (χ0) is 13.2. The van der Waals surface area contributed by atoms with Gasteiger partial charge in [-0.25, -0.2) is 0 Å². The molecular weight excluding hydrogens is 240 g/mol. The number of benzene rings is 1. The molecule has 4 heteroatoms. The van der Waals surface area contributed by atoms with E-state index in [1.807, 2.05) is 36.5 Å². The van der Waals surface area contributed by atoms with Crippen LogP contribution >= 0.6 is 0 Å². The quantitative estimate of drug-likeness (QED) is 0.731. The van der Waals surface area contributed by atoms with Gasteiger partial charge >= 0.3 is 5.97 Å². The van der Waals surface area contributed by atoms with Crippen molar-refractivity contribution in [2.75, 3.05) is 6.61 Å². The monoisotopic (exact) mass is 254 g/mol. The molecule has 0 aliphatic carbocycles. The van der Waals surface area contributed by atoms with E-state index in [0.29, 0.717) is 6.61 Å². The van der Waals surface area contributed by atoms with Gasteiger partial charge in [0.25, 0.3) is 0 Å². The Morgan fingerprint density at radius 1 is 1.26 bits per heavy atom. The van der Waals surface area contributed by atoms with E-state index in [0.717, 1.165) is 27.5 Å². The predicted molar refractivity (Wildman–Crippen MR) is 73.9 cm³/mol. The fourth-order valence-electron chi connectivity index (χ4n) is 2.31. The van der Waals surface area contributed by atoms with Crippen molar-refractivity contribution in [1.82, 2.24) is 9.97 Å². The van der Waals surface area contributed by atoms with Gasteiger partial charge < -0.3 is 9.72 Å². The Labute approximate surface area is 110 Å². The number of rotatable bonds is 3. The molecule has 0 atom stereocenters. The predicted octanol–water partition coefficient (Wildman–Crippen LogP) is 2.82. The fourth-order valence-corrected chi connectivity index (χ4v) is 2.31. The average Bonchev–Trinajstić information content (AvgIpc) is 2.89. The van der Waals surface area contributed by atoms with Crippen LogP contribution in [0.3, 0.4) is 0 Å². The van der Waals surface area contributed by atoms with Crippen molar-refractivity contribution in [3.63, 3.8) is 0 Å². The fraction of sp³-hybridized carbons (Fsp3) is 0.200.